The van der Waals surface area contributed by atoms with Crippen LogP contribution in [0.25, 0.3) is 0 Å². The molecule has 0 radical (unpaired) electrons. The molecule has 2 N–H and O–H groups in total. The number of nitrogens with zero attached hydrogens (tertiary/aromatic N) is 3. The van der Waals surface area contributed by atoms with Crippen LogP contribution in [-0.4, -0.2) is 40.0 Å². The number of carbonyl (C=O) groups excluding carboxylic acids is 1. The molecule has 1 rings (SSSR count). The van der Waals surface area contributed by atoms with Gasteiger partial charge in [-0.2, -0.15) is 0 Å². The molecule has 1 heterocycles. The second kappa shape index (κ2) is 7.94. The summed E-state index contributed by atoms with van der Waals surface area (Å²) in [4.78, 5) is 18.4. The van der Waals surface area contributed by atoms with Crippen molar-refractivity contribution in [1.29, 1.82) is 0 Å². The highest BCUT2D eigenvalue weighted by Crippen LogP contribution is 2.12. The lowest BCUT2D eigenvalue weighted by Crippen LogP contribution is -2.35. The summed E-state index contributed by atoms with van der Waals surface area (Å²) < 4.78 is 1.86. The summed E-state index contributed by atoms with van der Waals surface area (Å²) in [6.07, 6.45) is 5.65. The molecule has 1 aromatic heterocycles. The van der Waals surface area contributed by atoms with Gasteiger partial charge in [-0.1, -0.05) is 26.7 Å². The minimum absolute atomic E-state index is 0.0187. The molecule has 1 amide bonds. The van der Waals surface area contributed by atoms with Crippen molar-refractivity contribution in [2.24, 2.45) is 11.7 Å². The predicted octanol–water partition coefficient (Wildman–Crippen LogP) is 1.74. The highest BCUT2D eigenvalue weighted by molar-refractivity contribution is 5.92. The third-order valence-electron chi connectivity index (χ3n) is 3.54. The van der Waals surface area contributed by atoms with E-state index in [1.54, 1.807) is 12.5 Å². The molecule has 0 aromatic carbocycles. The van der Waals surface area contributed by atoms with Gasteiger partial charge in [0, 0.05) is 32.4 Å². The van der Waals surface area contributed by atoms with Crippen molar-refractivity contribution >= 4 is 5.91 Å². The zero-order valence-electron chi connectivity index (χ0n) is 12.3. The minimum atomic E-state index is 0.0187. The number of carbonyl (C=O) groups is 1. The van der Waals surface area contributed by atoms with Gasteiger partial charge in [-0.3, -0.25) is 4.79 Å². The van der Waals surface area contributed by atoms with Crippen LogP contribution in [0.3, 0.4) is 0 Å². The fraction of sp³-hybridized carbons (Fsp3) is 0.714. The van der Waals surface area contributed by atoms with Crippen molar-refractivity contribution < 1.29 is 4.79 Å². The molecule has 5 nitrogen and oxygen atoms in total. The Balaban J connectivity index is 2.71. The molecule has 19 heavy (non-hydrogen) atoms. The Labute approximate surface area is 115 Å². The van der Waals surface area contributed by atoms with Crippen LogP contribution in [0.2, 0.25) is 0 Å². The average Bonchev–Trinajstić information content (AvgIpc) is 2.89. The summed E-state index contributed by atoms with van der Waals surface area (Å²) in [5, 5.41) is 0. The van der Waals surface area contributed by atoms with Crippen LogP contribution in [-0.2, 0) is 6.54 Å². The van der Waals surface area contributed by atoms with Crippen LogP contribution in [0.1, 0.15) is 44.1 Å². The first-order chi connectivity index (χ1) is 9.15. The van der Waals surface area contributed by atoms with Crippen molar-refractivity contribution in [3.05, 3.63) is 18.2 Å². The van der Waals surface area contributed by atoms with Crippen molar-refractivity contribution in [2.75, 3.05) is 19.6 Å². The fourth-order valence-corrected chi connectivity index (χ4v) is 2.12. The van der Waals surface area contributed by atoms with Gasteiger partial charge < -0.3 is 15.2 Å². The summed E-state index contributed by atoms with van der Waals surface area (Å²) >= 11 is 0. The Hall–Kier alpha value is -1.36. The number of aromatic nitrogens is 2. The van der Waals surface area contributed by atoms with Crippen molar-refractivity contribution in [1.82, 2.24) is 14.5 Å². The van der Waals surface area contributed by atoms with E-state index < -0.39 is 0 Å². The van der Waals surface area contributed by atoms with Gasteiger partial charge in [0.1, 0.15) is 5.69 Å². The number of hydrogen-bond acceptors (Lipinski definition) is 3. The maximum Gasteiger partial charge on any atom is 0.274 e. The number of rotatable bonds is 8. The van der Waals surface area contributed by atoms with E-state index in [1.807, 2.05) is 16.4 Å². The Morgan fingerprint density at radius 2 is 2.11 bits per heavy atom. The quantitative estimate of drug-likeness (QED) is 0.779. The van der Waals surface area contributed by atoms with Gasteiger partial charge in [-0.15, -0.1) is 0 Å². The van der Waals surface area contributed by atoms with Crippen LogP contribution >= 0.6 is 0 Å². The lowest BCUT2D eigenvalue weighted by Gasteiger charge is -2.24. The standard InChI is InChI=1S/C14H26N4O/c1-4-12(5-2)9-18(6-3)14(19)13-10-17(8-7-15)11-16-13/h10-12H,4-9,15H2,1-3H3. The van der Waals surface area contributed by atoms with Crippen LogP contribution in [0.15, 0.2) is 12.5 Å². The highest BCUT2D eigenvalue weighted by Gasteiger charge is 2.19. The van der Waals surface area contributed by atoms with E-state index in [0.29, 0.717) is 24.7 Å². The fourth-order valence-electron chi connectivity index (χ4n) is 2.12. The molecule has 5 heteroatoms. The third-order valence-corrected chi connectivity index (χ3v) is 3.54. The zero-order chi connectivity index (χ0) is 14.3. The van der Waals surface area contributed by atoms with E-state index in [9.17, 15) is 4.79 Å². The number of imidazole rings is 1. The van der Waals surface area contributed by atoms with Gasteiger partial charge >= 0.3 is 0 Å². The topological polar surface area (TPSA) is 64.2 Å². The smallest absolute Gasteiger partial charge is 0.274 e. The van der Waals surface area contributed by atoms with Crippen LogP contribution < -0.4 is 5.73 Å². The Morgan fingerprint density at radius 3 is 2.63 bits per heavy atom. The van der Waals surface area contributed by atoms with Crippen LogP contribution in [0.4, 0.5) is 0 Å². The van der Waals surface area contributed by atoms with Gasteiger partial charge in [-0.05, 0) is 12.8 Å². The molecule has 0 bridgehead atoms. The molecule has 0 aliphatic heterocycles. The molecule has 0 saturated carbocycles. The van der Waals surface area contributed by atoms with Gasteiger partial charge in [0.05, 0.1) is 6.33 Å². The zero-order valence-corrected chi connectivity index (χ0v) is 12.3. The third kappa shape index (κ3) is 4.35. The summed E-state index contributed by atoms with van der Waals surface area (Å²) in [7, 11) is 0. The monoisotopic (exact) mass is 266 g/mol. The Kier molecular flexibility index (Phi) is 6.56. The molecular formula is C14H26N4O. The van der Waals surface area contributed by atoms with E-state index in [1.165, 1.54) is 0 Å². The van der Waals surface area contributed by atoms with Gasteiger partial charge in [0.2, 0.25) is 0 Å². The number of nitrogens with two attached hydrogens (primary N) is 1. The van der Waals surface area contributed by atoms with Crippen LogP contribution in [0, 0.1) is 5.92 Å². The van der Waals surface area contributed by atoms with Crippen molar-refractivity contribution in [3.63, 3.8) is 0 Å². The number of amides is 1. The van der Waals surface area contributed by atoms with Gasteiger partial charge in [-0.25, -0.2) is 4.98 Å². The molecule has 0 spiro atoms. The first kappa shape index (κ1) is 15.7. The Morgan fingerprint density at radius 1 is 1.42 bits per heavy atom. The summed E-state index contributed by atoms with van der Waals surface area (Å²) in [6.45, 7) is 9.13. The maximum absolute atomic E-state index is 12.4. The van der Waals surface area contributed by atoms with E-state index in [2.05, 4.69) is 18.8 Å². The largest absolute Gasteiger partial charge is 0.337 e. The van der Waals surface area contributed by atoms with Crippen molar-refractivity contribution in [2.45, 2.75) is 40.2 Å². The molecule has 0 unspecified atom stereocenters. The first-order valence-electron chi connectivity index (χ1n) is 7.17. The van der Waals surface area contributed by atoms with Crippen molar-refractivity contribution in [3.8, 4) is 0 Å². The molecule has 0 saturated heterocycles. The SMILES string of the molecule is CCC(CC)CN(CC)C(=O)c1cn(CCN)cn1. The predicted molar refractivity (Wildman–Crippen MR) is 76.9 cm³/mol. The molecule has 1 aromatic rings. The Bertz CT molecular complexity index is 385. The molecular weight excluding hydrogens is 240 g/mol. The summed E-state index contributed by atoms with van der Waals surface area (Å²) in [6, 6.07) is 0. The maximum atomic E-state index is 12.4. The van der Waals surface area contributed by atoms with Gasteiger partial charge in [0.25, 0.3) is 5.91 Å². The van der Waals surface area contributed by atoms with Crippen LogP contribution in [0.5, 0.6) is 0 Å². The second-order valence-corrected chi connectivity index (χ2v) is 4.81. The molecule has 0 atom stereocenters. The lowest BCUT2D eigenvalue weighted by atomic mass is 10.0. The average molecular weight is 266 g/mol. The van der Waals surface area contributed by atoms with E-state index in [-0.39, 0.29) is 5.91 Å². The normalized spacial score (nSPS) is 11.0. The van der Waals surface area contributed by atoms with Gasteiger partial charge in [0.15, 0.2) is 0 Å². The second-order valence-electron chi connectivity index (χ2n) is 4.81. The summed E-state index contributed by atoms with van der Waals surface area (Å²) in [5.41, 5.74) is 6.00. The van der Waals surface area contributed by atoms with E-state index >= 15 is 0 Å². The molecule has 0 fully saturated rings. The lowest BCUT2D eigenvalue weighted by molar-refractivity contribution is 0.0729. The summed E-state index contributed by atoms with van der Waals surface area (Å²) in [5.74, 6) is 0.584. The highest BCUT2D eigenvalue weighted by atomic mass is 16.2. The molecule has 108 valence electrons. The number of hydrogen-bond donors (Lipinski definition) is 1. The molecule has 0 aliphatic rings. The molecule has 0 aliphatic carbocycles. The minimum Gasteiger partial charge on any atom is -0.337 e. The van der Waals surface area contributed by atoms with E-state index in [4.69, 9.17) is 5.73 Å². The first-order valence-corrected chi connectivity index (χ1v) is 7.17. The van der Waals surface area contributed by atoms with E-state index in [0.717, 1.165) is 25.9 Å².